The van der Waals surface area contributed by atoms with E-state index in [1.54, 1.807) is 0 Å². The summed E-state index contributed by atoms with van der Waals surface area (Å²) in [6.45, 7) is 9.81. The van der Waals surface area contributed by atoms with Crippen molar-refractivity contribution in [3.8, 4) is 0 Å². The van der Waals surface area contributed by atoms with Gasteiger partial charge < -0.3 is 10.5 Å². The fraction of sp³-hybridized carbons (Fsp3) is 0.562. The number of hydrogen-bond donors (Lipinski definition) is 1. The summed E-state index contributed by atoms with van der Waals surface area (Å²) in [6, 6.07) is 7.49. The van der Waals surface area contributed by atoms with Crippen LogP contribution in [0.15, 0.2) is 24.3 Å². The summed E-state index contributed by atoms with van der Waals surface area (Å²) in [6.07, 6.45) is 0.517. The third-order valence-electron chi connectivity index (χ3n) is 2.83. The van der Waals surface area contributed by atoms with Gasteiger partial charge >= 0.3 is 5.97 Å². The Morgan fingerprint density at radius 2 is 1.84 bits per heavy atom. The van der Waals surface area contributed by atoms with Crippen LogP contribution < -0.4 is 5.73 Å². The maximum Gasteiger partial charge on any atom is 0.323 e. The van der Waals surface area contributed by atoms with Gasteiger partial charge in [-0.15, -0.1) is 0 Å². The van der Waals surface area contributed by atoms with Crippen LogP contribution >= 0.6 is 0 Å². The molecular formula is C16H25NO2. The molecule has 0 aromatic heterocycles. The van der Waals surface area contributed by atoms with Crippen molar-refractivity contribution in [3.05, 3.63) is 35.4 Å². The Balaban J connectivity index is 2.77. The highest BCUT2D eigenvalue weighted by Crippen LogP contribution is 2.20. The van der Waals surface area contributed by atoms with Crippen molar-refractivity contribution in [1.82, 2.24) is 0 Å². The molecule has 1 rings (SSSR count). The Kier molecular flexibility index (Phi) is 5.12. The molecule has 2 N–H and O–H groups in total. The fourth-order valence-corrected chi connectivity index (χ4v) is 1.98. The molecule has 0 aliphatic carbocycles. The quantitative estimate of drug-likeness (QED) is 0.850. The number of benzene rings is 1. The van der Waals surface area contributed by atoms with Crippen LogP contribution in [0.25, 0.3) is 0 Å². The minimum absolute atomic E-state index is 0.342. The van der Waals surface area contributed by atoms with Crippen LogP contribution in [0.1, 0.15) is 51.7 Å². The topological polar surface area (TPSA) is 52.3 Å². The van der Waals surface area contributed by atoms with Crippen molar-refractivity contribution < 1.29 is 9.53 Å². The fourth-order valence-electron chi connectivity index (χ4n) is 1.98. The van der Waals surface area contributed by atoms with Crippen LogP contribution in [0.4, 0.5) is 0 Å². The average Bonchev–Trinajstić information content (AvgIpc) is 2.27. The first kappa shape index (κ1) is 15.7. The molecule has 0 fully saturated rings. The molecule has 0 spiro atoms. The highest BCUT2D eigenvalue weighted by atomic mass is 16.6. The molecule has 0 aliphatic heterocycles. The summed E-state index contributed by atoms with van der Waals surface area (Å²) in [5.41, 5.74) is 7.82. The van der Waals surface area contributed by atoms with Crippen molar-refractivity contribution in [3.63, 3.8) is 0 Å². The van der Waals surface area contributed by atoms with E-state index >= 15 is 0 Å². The lowest BCUT2D eigenvalue weighted by Crippen LogP contribution is -2.39. The van der Waals surface area contributed by atoms with E-state index in [1.807, 2.05) is 39.0 Å². The van der Waals surface area contributed by atoms with Gasteiger partial charge in [0.15, 0.2) is 0 Å². The Hall–Kier alpha value is -1.35. The molecule has 19 heavy (non-hydrogen) atoms. The first-order valence-corrected chi connectivity index (χ1v) is 6.77. The molecular weight excluding hydrogens is 238 g/mol. The lowest BCUT2D eigenvalue weighted by molar-refractivity contribution is -0.156. The highest BCUT2D eigenvalue weighted by Gasteiger charge is 2.23. The predicted octanol–water partition coefficient (Wildman–Crippen LogP) is 3.02. The van der Waals surface area contributed by atoms with E-state index in [2.05, 4.69) is 19.9 Å². The van der Waals surface area contributed by atoms with E-state index in [0.717, 1.165) is 5.56 Å². The smallest absolute Gasteiger partial charge is 0.323 e. The Bertz CT molecular complexity index is 433. The summed E-state index contributed by atoms with van der Waals surface area (Å²) in [5, 5.41) is 0. The summed E-state index contributed by atoms with van der Waals surface area (Å²) >= 11 is 0. The zero-order chi connectivity index (χ0) is 14.6. The van der Waals surface area contributed by atoms with Gasteiger partial charge in [-0.25, -0.2) is 0 Å². The van der Waals surface area contributed by atoms with Crippen molar-refractivity contribution in [2.45, 2.75) is 58.6 Å². The number of esters is 1. The van der Waals surface area contributed by atoms with E-state index in [4.69, 9.17) is 10.5 Å². The number of ether oxygens (including phenoxy) is 1. The number of hydrogen-bond acceptors (Lipinski definition) is 3. The first-order chi connectivity index (χ1) is 8.70. The minimum Gasteiger partial charge on any atom is -0.459 e. The standard InChI is InChI=1S/C16H25NO2/c1-11(2)13-9-7-6-8-12(13)10-14(17)15(18)19-16(3,4)5/h6-9,11,14H,10,17H2,1-5H3/t14-/m1/s1. The monoisotopic (exact) mass is 263 g/mol. The van der Waals surface area contributed by atoms with Crippen LogP contribution in [0, 0.1) is 0 Å². The van der Waals surface area contributed by atoms with Crippen LogP contribution in [0.3, 0.4) is 0 Å². The van der Waals surface area contributed by atoms with E-state index in [-0.39, 0.29) is 5.97 Å². The largest absolute Gasteiger partial charge is 0.459 e. The molecule has 0 bridgehead atoms. The Morgan fingerprint density at radius 3 is 2.37 bits per heavy atom. The van der Waals surface area contributed by atoms with Crippen molar-refractivity contribution in [2.75, 3.05) is 0 Å². The number of carbonyl (C=O) groups excluding carboxylic acids is 1. The molecule has 0 aliphatic rings. The molecule has 0 amide bonds. The summed E-state index contributed by atoms with van der Waals surface area (Å²) < 4.78 is 5.31. The number of nitrogens with two attached hydrogens (primary N) is 1. The predicted molar refractivity (Wildman–Crippen MR) is 78.1 cm³/mol. The molecule has 0 radical (unpaired) electrons. The SMILES string of the molecule is CC(C)c1ccccc1C[C@@H](N)C(=O)OC(C)(C)C. The van der Waals surface area contributed by atoms with Gasteiger partial charge in [0.2, 0.25) is 0 Å². The van der Waals surface area contributed by atoms with Gasteiger partial charge in [-0.3, -0.25) is 4.79 Å². The van der Waals surface area contributed by atoms with E-state index in [0.29, 0.717) is 12.3 Å². The van der Waals surface area contributed by atoms with E-state index < -0.39 is 11.6 Å². The van der Waals surface area contributed by atoms with Crippen LogP contribution in [0.2, 0.25) is 0 Å². The van der Waals surface area contributed by atoms with Gasteiger partial charge in [0.25, 0.3) is 0 Å². The Morgan fingerprint density at radius 1 is 1.26 bits per heavy atom. The molecule has 0 saturated carbocycles. The van der Waals surface area contributed by atoms with Crippen LogP contribution in [-0.2, 0) is 16.0 Å². The van der Waals surface area contributed by atoms with E-state index in [9.17, 15) is 4.79 Å². The first-order valence-electron chi connectivity index (χ1n) is 6.77. The van der Waals surface area contributed by atoms with Gasteiger partial charge in [-0.1, -0.05) is 38.1 Å². The second-order valence-electron chi connectivity index (χ2n) is 6.20. The van der Waals surface area contributed by atoms with Gasteiger partial charge in [0.1, 0.15) is 11.6 Å². The molecule has 1 aromatic carbocycles. The van der Waals surface area contributed by atoms with Crippen LogP contribution in [0.5, 0.6) is 0 Å². The third kappa shape index (κ3) is 5.03. The molecule has 3 heteroatoms. The van der Waals surface area contributed by atoms with Crippen molar-refractivity contribution >= 4 is 5.97 Å². The molecule has 106 valence electrons. The van der Waals surface area contributed by atoms with Gasteiger partial charge in [0, 0.05) is 0 Å². The lowest BCUT2D eigenvalue weighted by Gasteiger charge is -2.23. The molecule has 3 nitrogen and oxygen atoms in total. The molecule has 1 aromatic rings. The van der Waals surface area contributed by atoms with Crippen molar-refractivity contribution in [1.29, 1.82) is 0 Å². The van der Waals surface area contributed by atoms with Crippen LogP contribution in [-0.4, -0.2) is 17.6 Å². The molecule has 0 unspecified atom stereocenters. The van der Waals surface area contributed by atoms with Gasteiger partial charge in [0.05, 0.1) is 0 Å². The average molecular weight is 263 g/mol. The third-order valence-corrected chi connectivity index (χ3v) is 2.83. The zero-order valence-electron chi connectivity index (χ0n) is 12.6. The maximum absolute atomic E-state index is 11.9. The van der Waals surface area contributed by atoms with Gasteiger partial charge in [-0.2, -0.15) is 0 Å². The maximum atomic E-state index is 11.9. The second-order valence-corrected chi connectivity index (χ2v) is 6.20. The van der Waals surface area contributed by atoms with Gasteiger partial charge in [-0.05, 0) is 44.2 Å². The number of rotatable bonds is 4. The zero-order valence-corrected chi connectivity index (χ0v) is 12.6. The molecule has 0 saturated heterocycles. The highest BCUT2D eigenvalue weighted by molar-refractivity contribution is 5.76. The number of carbonyl (C=O) groups is 1. The summed E-state index contributed by atoms with van der Waals surface area (Å²) in [7, 11) is 0. The molecule has 1 atom stereocenters. The summed E-state index contributed by atoms with van der Waals surface area (Å²) in [4.78, 5) is 11.9. The second kappa shape index (κ2) is 6.20. The lowest BCUT2D eigenvalue weighted by atomic mass is 9.93. The summed E-state index contributed by atoms with van der Waals surface area (Å²) in [5.74, 6) is 0.0769. The normalized spacial score (nSPS) is 13.4. The minimum atomic E-state index is -0.612. The van der Waals surface area contributed by atoms with E-state index in [1.165, 1.54) is 5.56 Å². The Labute approximate surface area is 116 Å². The molecule has 0 heterocycles. The van der Waals surface area contributed by atoms with Crippen molar-refractivity contribution in [2.24, 2.45) is 5.73 Å².